The maximum atomic E-state index is 12.2. The summed E-state index contributed by atoms with van der Waals surface area (Å²) in [4.78, 5) is 13.5. The number of nitrogens with one attached hydrogen (secondary N) is 1. The molecule has 2 rings (SSSR count). The summed E-state index contributed by atoms with van der Waals surface area (Å²) >= 11 is 1.53. The summed E-state index contributed by atoms with van der Waals surface area (Å²) in [7, 11) is -0.498. The van der Waals surface area contributed by atoms with E-state index in [0.29, 0.717) is 11.3 Å². The first-order valence-corrected chi connectivity index (χ1v) is 8.94. The van der Waals surface area contributed by atoms with Gasteiger partial charge < -0.3 is 5.32 Å². The zero-order valence-electron chi connectivity index (χ0n) is 12.9. The first-order valence-electron chi connectivity index (χ1n) is 6.62. The van der Waals surface area contributed by atoms with Gasteiger partial charge in [0.2, 0.25) is 10.0 Å². The Morgan fingerprint density at radius 1 is 1.14 bits per heavy atom. The van der Waals surface area contributed by atoms with Gasteiger partial charge in [0.05, 0.1) is 10.5 Å². The van der Waals surface area contributed by atoms with Crippen LogP contribution in [0.15, 0.2) is 34.5 Å². The third-order valence-corrected chi connectivity index (χ3v) is 6.26. The summed E-state index contributed by atoms with van der Waals surface area (Å²) in [5.41, 5.74) is 2.17. The largest absolute Gasteiger partial charge is 0.322 e. The van der Waals surface area contributed by atoms with E-state index in [1.165, 1.54) is 37.6 Å². The highest BCUT2D eigenvalue weighted by atomic mass is 32.2. The lowest BCUT2D eigenvalue weighted by molar-refractivity contribution is 0.102. The van der Waals surface area contributed by atoms with Crippen molar-refractivity contribution in [2.45, 2.75) is 18.7 Å². The molecule has 0 aliphatic rings. The molecule has 7 heteroatoms. The van der Waals surface area contributed by atoms with Crippen LogP contribution in [-0.2, 0) is 10.0 Å². The molecule has 1 aromatic carbocycles. The quantitative estimate of drug-likeness (QED) is 0.932. The number of hydrogen-bond donors (Lipinski definition) is 1. The second kappa shape index (κ2) is 6.20. The van der Waals surface area contributed by atoms with Gasteiger partial charge in [-0.15, -0.1) is 11.3 Å². The van der Waals surface area contributed by atoms with Crippen LogP contribution >= 0.6 is 11.3 Å². The molecule has 0 saturated heterocycles. The molecule has 1 amide bonds. The number of rotatable bonds is 4. The van der Waals surface area contributed by atoms with Crippen molar-refractivity contribution in [3.8, 4) is 0 Å². The molecule has 1 heterocycles. The standard InChI is InChI=1S/C15H18N2O3S2/c1-10-11(2)21-9-14(10)15(18)16-12-5-7-13(8-6-12)22(19,20)17(3)4/h5-9H,1-4H3,(H,16,18). The van der Waals surface area contributed by atoms with E-state index in [-0.39, 0.29) is 10.8 Å². The molecular formula is C15H18N2O3S2. The minimum absolute atomic E-state index is 0.190. The molecule has 5 nitrogen and oxygen atoms in total. The SMILES string of the molecule is Cc1scc(C(=O)Nc2ccc(S(=O)(=O)N(C)C)cc2)c1C. The Kier molecular flexibility index (Phi) is 4.69. The molecule has 1 aromatic heterocycles. The Labute approximate surface area is 134 Å². The van der Waals surface area contributed by atoms with Crippen LogP contribution in [0.1, 0.15) is 20.8 Å². The second-order valence-electron chi connectivity index (χ2n) is 5.10. The van der Waals surface area contributed by atoms with Gasteiger partial charge in [0.1, 0.15) is 0 Å². The third kappa shape index (κ3) is 3.21. The molecule has 1 N–H and O–H groups in total. The van der Waals surface area contributed by atoms with Gasteiger partial charge in [-0.05, 0) is 43.7 Å². The number of sulfonamides is 1. The van der Waals surface area contributed by atoms with Crippen molar-refractivity contribution >= 4 is 33.0 Å². The Bertz CT molecular complexity index is 791. The maximum Gasteiger partial charge on any atom is 0.256 e. The average molecular weight is 338 g/mol. The number of thiophene rings is 1. The minimum Gasteiger partial charge on any atom is -0.322 e. The Morgan fingerprint density at radius 3 is 2.18 bits per heavy atom. The predicted octanol–water partition coefficient (Wildman–Crippen LogP) is 2.87. The van der Waals surface area contributed by atoms with E-state index in [0.717, 1.165) is 14.7 Å². The molecule has 0 unspecified atom stereocenters. The molecule has 0 atom stereocenters. The first-order chi connectivity index (χ1) is 10.2. The van der Waals surface area contributed by atoms with Crippen molar-refractivity contribution in [3.63, 3.8) is 0 Å². The van der Waals surface area contributed by atoms with Crippen LogP contribution < -0.4 is 5.32 Å². The molecule has 22 heavy (non-hydrogen) atoms. The van der Waals surface area contributed by atoms with Gasteiger partial charge in [-0.2, -0.15) is 0 Å². The molecule has 118 valence electrons. The Morgan fingerprint density at radius 2 is 1.73 bits per heavy atom. The van der Waals surface area contributed by atoms with Crippen LogP contribution in [0.2, 0.25) is 0 Å². The third-order valence-electron chi connectivity index (χ3n) is 3.42. The molecule has 0 saturated carbocycles. The summed E-state index contributed by atoms with van der Waals surface area (Å²) in [6.07, 6.45) is 0. The highest BCUT2D eigenvalue weighted by molar-refractivity contribution is 7.89. The van der Waals surface area contributed by atoms with E-state index in [4.69, 9.17) is 0 Å². The van der Waals surface area contributed by atoms with E-state index in [2.05, 4.69) is 5.32 Å². The van der Waals surface area contributed by atoms with Crippen LogP contribution in [0, 0.1) is 13.8 Å². The van der Waals surface area contributed by atoms with Gasteiger partial charge in [0.15, 0.2) is 0 Å². The lowest BCUT2D eigenvalue weighted by Gasteiger charge is -2.12. The van der Waals surface area contributed by atoms with Crippen LogP contribution in [0.3, 0.4) is 0 Å². The highest BCUT2D eigenvalue weighted by Gasteiger charge is 2.17. The zero-order chi connectivity index (χ0) is 16.5. The van der Waals surface area contributed by atoms with Crippen molar-refractivity contribution < 1.29 is 13.2 Å². The van der Waals surface area contributed by atoms with E-state index in [1.807, 2.05) is 19.2 Å². The fraction of sp³-hybridized carbons (Fsp3) is 0.267. The lowest BCUT2D eigenvalue weighted by atomic mass is 10.1. The second-order valence-corrected chi connectivity index (χ2v) is 8.33. The summed E-state index contributed by atoms with van der Waals surface area (Å²) in [5.74, 6) is -0.190. The van der Waals surface area contributed by atoms with Gasteiger partial charge in [-0.1, -0.05) is 0 Å². The van der Waals surface area contributed by atoms with E-state index in [1.54, 1.807) is 12.1 Å². The number of amides is 1. The molecule has 0 spiro atoms. The van der Waals surface area contributed by atoms with Crippen molar-refractivity contribution in [2.75, 3.05) is 19.4 Å². The summed E-state index contributed by atoms with van der Waals surface area (Å²) in [5, 5.41) is 4.60. The molecule has 0 aliphatic carbocycles. The monoisotopic (exact) mass is 338 g/mol. The average Bonchev–Trinajstić information content (AvgIpc) is 2.79. The van der Waals surface area contributed by atoms with E-state index >= 15 is 0 Å². The lowest BCUT2D eigenvalue weighted by Crippen LogP contribution is -2.22. The number of nitrogens with zero attached hydrogens (tertiary/aromatic N) is 1. The molecule has 0 fully saturated rings. The molecule has 0 aliphatic heterocycles. The van der Waals surface area contributed by atoms with E-state index < -0.39 is 10.0 Å². The van der Waals surface area contributed by atoms with Gasteiger partial charge in [0, 0.05) is 30.0 Å². The number of aryl methyl sites for hydroxylation is 1. The van der Waals surface area contributed by atoms with Crippen LogP contribution in [-0.4, -0.2) is 32.7 Å². The Hall–Kier alpha value is -1.70. The fourth-order valence-electron chi connectivity index (χ4n) is 1.86. The maximum absolute atomic E-state index is 12.2. The zero-order valence-corrected chi connectivity index (χ0v) is 14.5. The minimum atomic E-state index is -3.46. The smallest absolute Gasteiger partial charge is 0.256 e. The predicted molar refractivity (Wildman–Crippen MR) is 89.1 cm³/mol. The van der Waals surface area contributed by atoms with Gasteiger partial charge >= 0.3 is 0 Å². The number of hydrogen-bond acceptors (Lipinski definition) is 4. The molecule has 0 bridgehead atoms. The fourth-order valence-corrected chi connectivity index (χ4v) is 3.62. The molecule has 2 aromatic rings. The Balaban J connectivity index is 2.19. The van der Waals surface area contributed by atoms with Crippen molar-refractivity contribution in [3.05, 3.63) is 45.6 Å². The van der Waals surface area contributed by atoms with Gasteiger partial charge in [0.25, 0.3) is 5.91 Å². The number of carbonyl (C=O) groups is 1. The summed E-state index contributed by atoms with van der Waals surface area (Å²) in [6, 6.07) is 6.14. The van der Waals surface area contributed by atoms with Crippen molar-refractivity contribution in [1.29, 1.82) is 0 Å². The van der Waals surface area contributed by atoms with Crippen LogP contribution in [0.5, 0.6) is 0 Å². The van der Waals surface area contributed by atoms with Crippen molar-refractivity contribution in [1.82, 2.24) is 4.31 Å². The van der Waals surface area contributed by atoms with Crippen LogP contribution in [0.4, 0.5) is 5.69 Å². The summed E-state index contributed by atoms with van der Waals surface area (Å²) in [6.45, 7) is 3.88. The van der Waals surface area contributed by atoms with Crippen molar-refractivity contribution in [2.24, 2.45) is 0 Å². The number of anilines is 1. The van der Waals surface area contributed by atoms with Gasteiger partial charge in [-0.25, -0.2) is 12.7 Å². The number of benzene rings is 1. The van der Waals surface area contributed by atoms with Gasteiger partial charge in [-0.3, -0.25) is 4.79 Å². The summed E-state index contributed by atoms with van der Waals surface area (Å²) < 4.78 is 25.1. The molecular weight excluding hydrogens is 320 g/mol. The number of carbonyl (C=O) groups excluding carboxylic acids is 1. The normalized spacial score (nSPS) is 11.7. The van der Waals surface area contributed by atoms with Crippen LogP contribution in [0.25, 0.3) is 0 Å². The highest BCUT2D eigenvalue weighted by Crippen LogP contribution is 2.22. The topological polar surface area (TPSA) is 66.5 Å². The molecule has 0 radical (unpaired) electrons. The van der Waals surface area contributed by atoms with E-state index in [9.17, 15) is 13.2 Å². The first kappa shape index (κ1) is 16.7.